The van der Waals surface area contributed by atoms with Crippen LogP contribution in [0.4, 0.5) is 5.82 Å². The van der Waals surface area contributed by atoms with Gasteiger partial charge in [0.2, 0.25) is 0 Å². The summed E-state index contributed by atoms with van der Waals surface area (Å²) in [6, 6.07) is 4.07. The molecule has 0 unspecified atom stereocenters. The lowest BCUT2D eigenvalue weighted by molar-refractivity contribution is 0.408. The maximum atomic E-state index is 6.12. The standard InChI is InChI=1S/C13H19N3/c1-9-5-6-11-15-10(7-13(2,3)4)12(14)16(11)8-9/h5-6,8H,7,14H2,1-4H3. The van der Waals surface area contributed by atoms with Gasteiger partial charge in [0, 0.05) is 6.20 Å². The molecule has 2 heterocycles. The molecule has 0 aliphatic carbocycles. The van der Waals surface area contributed by atoms with E-state index in [-0.39, 0.29) is 5.41 Å². The zero-order chi connectivity index (χ0) is 11.9. The van der Waals surface area contributed by atoms with E-state index in [0.29, 0.717) is 0 Å². The van der Waals surface area contributed by atoms with Crippen LogP contribution in [-0.2, 0) is 6.42 Å². The molecule has 2 aromatic heterocycles. The van der Waals surface area contributed by atoms with Crippen LogP contribution < -0.4 is 5.73 Å². The minimum Gasteiger partial charge on any atom is -0.383 e. The topological polar surface area (TPSA) is 43.3 Å². The molecule has 0 radical (unpaired) electrons. The van der Waals surface area contributed by atoms with E-state index in [0.717, 1.165) is 23.6 Å². The largest absolute Gasteiger partial charge is 0.383 e. The molecule has 0 amide bonds. The number of nitrogens with zero attached hydrogens (tertiary/aromatic N) is 2. The number of pyridine rings is 1. The Hall–Kier alpha value is -1.51. The Balaban J connectivity index is 2.52. The van der Waals surface area contributed by atoms with Gasteiger partial charge in [-0.1, -0.05) is 26.8 Å². The number of nitrogens with two attached hydrogens (primary N) is 1. The molecule has 0 aliphatic rings. The number of imidazole rings is 1. The number of nitrogen functional groups attached to an aromatic ring is 1. The van der Waals surface area contributed by atoms with Crippen LogP contribution in [0.3, 0.4) is 0 Å². The summed E-state index contributed by atoms with van der Waals surface area (Å²) < 4.78 is 1.97. The molecule has 3 nitrogen and oxygen atoms in total. The van der Waals surface area contributed by atoms with Gasteiger partial charge in [-0.2, -0.15) is 0 Å². The van der Waals surface area contributed by atoms with Crippen molar-refractivity contribution in [1.82, 2.24) is 9.38 Å². The highest BCUT2D eigenvalue weighted by Crippen LogP contribution is 2.24. The molecule has 0 atom stereocenters. The summed E-state index contributed by atoms with van der Waals surface area (Å²) in [6.07, 6.45) is 2.93. The Bertz CT molecular complexity index is 518. The number of anilines is 1. The molecule has 2 N–H and O–H groups in total. The van der Waals surface area contributed by atoms with Crippen molar-refractivity contribution in [2.75, 3.05) is 5.73 Å². The third-order valence-electron chi connectivity index (χ3n) is 2.58. The van der Waals surface area contributed by atoms with E-state index < -0.39 is 0 Å². The first kappa shape index (κ1) is 11.0. The molecule has 0 saturated carbocycles. The zero-order valence-electron chi connectivity index (χ0n) is 10.4. The van der Waals surface area contributed by atoms with Crippen molar-refractivity contribution in [3.8, 4) is 0 Å². The highest BCUT2D eigenvalue weighted by atomic mass is 15.1. The highest BCUT2D eigenvalue weighted by Gasteiger charge is 2.17. The molecule has 0 aliphatic heterocycles. The van der Waals surface area contributed by atoms with Crippen LogP contribution in [-0.4, -0.2) is 9.38 Å². The molecular formula is C13H19N3. The molecule has 86 valence electrons. The van der Waals surface area contributed by atoms with Crippen molar-refractivity contribution in [1.29, 1.82) is 0 Å². The third-order valence-corrected chi connectivity index (χ3v) is 2.58. The van der Waals surface area contributed by atoms with Gasteiger partial charge in [-0.15, -0.1) is 0 Å². The average molecular weight is 217 g/mol. The number of rotatable bonds is 1. The number of hydrogen-bond acceptors (Lipinski definition) is 2. The Kier molecular flexibility index (Phi) is 2.41. The van der Waals surface area contributed by atoms with Crippen LogP contribution in [0.25, 0.3) is 5.65 Å². The summed E-state index contributed by atoms with van der Waals surface area (Å²) in [6.45, 7) is 8.65. The second kappa shape index (κ2) is 3.51. The lowest BCUT2D eigenvalue weighted by Gasteiger charge is -2.16. The molecule has 16 heavy (non-hydrogen) atoms. The van der Waals surface area contributed by atoms with Crippen molar-refractivity contribution < 1.29 is 0 Å². The predicted octanol–water partition coefficient (Wildman–Crippen LogP) is 2.81. The van der Waals surface area contributed by atoms with E-state index in [1.54, 1.807) is 0 Å². The van der Waals surface area contributed by atoms with E-state index in [1.165, 1.54) is 5.56 Å². The number of aryl methyl sites for hydroxylation is 1. The molecule has 0 bridgehead atoms. The van der Waals surface area contributed by atoms with Gasteiger partial charge in [0.25, 0.3) is 0 Å². The molecule has 0 saturated heterocycles. The Morgan fingerprint density at radius 2 is 2.00 bits per heavy atom. The van der Waals surface area contributed by atoms with Crippen molar-refractivity contribution in [3.63, 3.8) is 0 Å². The smallest absolute Gasteiger partial charge is 0.138 e. The van der Waals surface area contributed by atoms with Gasteiger partial charge in [0.05, 0.1) is 5.69 Å². The highest BCUT2D eigenvalue weighted by molar-refractivity contribution is 5.53. The Morgan fingerprint density at radius 1 is 1.31 bits per heavy atom. The molecule has 0 fully saturated rings. The second-order valence-electron chi connectivity index (χ2n) is 5.62. The fraction of sp³-hybridized carbons (Fsp3) is 0.462. The monoisotopic (exact) mass is 217 g/mol. The second-order valence-corrected chi connectivity index (χ2v) is 5.62. The number of hydrogen-bond donors (Lipinski definition) is 1. The van der Waals surface area contributed by atoms with Crippen LogP contribution in [0.15, 0.2) is 18.3 Å². The fourth-order valence-corrected chi connectivity index (χ4v) is 1.85. The first-order chi connectivity index (χ1) is 7.37. The van der Waals surface area contributed by atoms with Gasteiger partial charge in [-0.05, 0) is 30.4 Å². The van der Waals surface area contributed by atoms with Crippen molar-refractivity contribution in [2.24, 2.45) is 5.41 Å². The lowest BCUT2D eigenvalue weighted by atomic mass is 9.90. The number of aromatic nitrogens is 2. The van der Waals surface area contributed by atoms with Crippen molar-refractivity contribution in [3.05, 3.63) is 29.6 Å². The van der Waals surface area contributed by atoms with E-state index in [9.17, 15) is 0 Å². The first-order valence-corrected chi connectivity index (χ1v) is 5.60. The molecule has 0 spiro atoms. The SMILES string of the molecule is Cc1ccc2nc(CC(C)(C)C)c(N)n2c1. The third kappa shape index (κ3) is 2.03. The van der Waals surface area contributed by atoms with Gasteiger partial charge in [0.15, 0.2) is 0 Å². The van der Waals surface area contributed by atoms with Crippen LogP contribution in [0.5, 0.6) is 0 Å². The minimum atomic E-state index is 0.209. The number of fused-ring (bicyclic) bond motifs is 1. The molecule has 2 aromatic rings. The van der Waals surface area contributed by atoms with E-state index >= 15 is 0 Å². The lowest BCUT2D eigenvalue weighted by Crippen LogP contribution is -2.11. The normalized spacial score (nSPS) is 12.2. The predicted molar refractivity (Wildman–Crippen MR) is 67.5 cm³/mol. The summed E-state index contributed by atoms with van der Waals surface area (Å²) in [5, 5.41) is 0. The summed E-state index contributed by atoms with van der Waals surface area (Å²) in [4.78, 5) is 4.58. The summed E-state index contributed by atoms with van der Waals surface area (Å²) in [5.41, 5.74) is 9.45. The maximum Gasteiger partial charge on any atom is 0.138 e. The Morgan fingerprint density at radius 3 is 2.62 bits per heavy atom. The van der Waals surface area contributed by atoms with Crippen molar-refractivity contribution in [2.45, 2.75) is 34.1 Å². The van der Waals surface area contributed by atoms with Crippen LogP contribution in [0, 0.1) is 12.3 Å². The molecular weight excluding hydrogens is 198 g/mol. The van der Waals surface area contributed by atoms with E-state index in [4.69, 9.17) is 5.73 Å². The first-order valence-electron chi connectivity index (χ1n) is 5.60. The molecule has 2 rings (SSSR count). The van der Waals surface area contributed by atoms with Gasteiger partial charge in [-0.3, -0.25) is 4.40 Å². The van der Waals surface area contributed by atoms with Crippen LogP contribution in [0.2, 0.25) is 0 Å². The fourth-order valence-electron chi connectivity index (χ4n) is 1.85. The summed E-state index contributed by atoms with van der Waals surface area (Å²) >= 11 is 0. The van der Waals surface area contributed by atoms with Gasteiger partial charge >= 0.3 is 0 Å². The van der Waals surface area contributed by atoms with Crippen LogP contribution in [0.1, 0.15) is 32.0 Å². The van der Waals surface area contributed by atoms with Crippen LogP contribution >= 0.6 is 0 Å². The molecule has 3 heteroatoms. The minimum absolute atomic E-state index is 0.209. The zero-order valence-corrected chi connectivity index (χ0v) is 10.4. The van der Waals surface area contributed by atoms with Crippen molar-refractivity contribution >= 4 is 11.5 Å². The van der Waals surface area contributed by atoms with Gasteiger partial charge in [-0.25, -0.2) is 4.98 Å². The van der Waals surface area contributed by atoms with E-state index in [1.807, 2.05) is 16.7 Å². The summed E-state index contributed by atoms with van der Waals surface area (Å²) in [7, 11) is 0. The quantitative estimate of drug-likeness (QED) is 0.798. The maximum absolute atomic E-state index is 6.12. The average Bonchev–Trinajstić information content (AvgIpc) is 2.42. The Labute approximate surface area is 96.3 Å². The van der Waals surface area contributed by atoms with Gasteiger partial charge < -0.3 is 5.73 Å². The summed E-state index contributed by atoms with van der Waals surface area (Å²) in [5.74, 6) is 0.772. The van der Waals surface area contributed by atoms with E-state index in [2.05, 4.69) is 38.7 Å². The molecule has 0 aromatic carbocycles. The van der Waals surface area contributed by atoms with Gasteiger partial charge in [0.1, 0.15) is 11.5 Å².